The van der Waals surface area contributed by atoms with E-state index in [2.05, 4.69) is 15.5 Å². The van der Waals surface area contributed by atoms with Crippen molar-refractivity contribution >= 4 is 34.9 Å². The van der Waals surface area contributed by atoms with Crippen LogP contribution in [0.1, 0.15) is 5.56 Å². The molecule has 1 N–H and O–H groups in total. The van der Waals surface area contributed by atoms with Crippen molar-refractivity contribution in [3.05, 3.63) is 59.9 Å². The number of rotatable bonds is 5. The summed E-state index contributed by atoms with van der Waals surface area (Å²) in [5.41, 5.74) is 4.61. The van der Waals surface area contributed by atoms with E-state index in [9.17, 15) is 9.18 Å². The van der Waals surface area contributed by atoms with Gasteiger partial charge in [-0.3, -0.25) is 4.79 Å². The van der Waals surface area contributed by atoms with Crippen molar-refractivity contribution < 1.29 is 9.18 Å². The van der Waals surface area contributed by atoms with Crippen molar-refractivity contribution in [3.8, 4) is 0 Å². The predicted molar refractivity (Wildman–Crippen MR) is 93.6 cm³/mol. The van der Waals surface area contributed by atoms with Crippen LogP contribution >= 0.6 is 11.8 Å². The number of hydrogen-bond donors (Lipinski definition) is 1. The fourth-order valence-corrected chi connectivity index (χ4v) is 2.95. The molecule has 1 aromatic heterocycles. The van der Waals surface area contributed by atoms with E-state index in [0.717, 1.165) is 16.2 Å². The number of thioether (sulfide) groups is 1. The molecule has 3 rings (SSSR count). The molecule has 7 heteroatoms. The molecule has 0 aliphatic heterocycles. The molecule has 3 aromatic rings. The number of aromatic nitrogens is 2. The number of halogens is 1. The van der Waals surface area contributed by atoms with E-state index in [-0.39, 0.29) is 17.5 Å². The van der Waals surface area contributed by atoms with Crippen LogP contribution in [0, 0.1) is 5.82 Å². The van der Waals surface area contributed by atoms with Gasteiger partial charge in [0.1, 0.15) is 5.82 Å². The summed E-state index contributed by atoms with van der Waals surface area (Å²) in [6.45, 7) is 0. The van der Waals surface area contributed by atoms with Crippen LogP contribution in [0.3, 0.4) is 0 Å². The highest BCUT2D eigenvalue weighted by Gasteiger charge is 2.09. The molecule has 0 atom stereocenters. The number of hydrogen-bond acceptors (Lipinski definition) is 4. The third-order valence-corrected chi connectivity index (χ3v) is 4.41. The second kappa shape index (κ2) is 7.27. The molecular formula is C17H15FN4OS. The molecule has 1 amide bonds. The lowest BCUT2D eigenvalue weighted by Gasteiger charge is -2.01. The van der Waals surface area contributed by atoms with Gasteiger partial charge in [0, 0.05) is 12.6 Å². The molecule has 0 radical (unpaired) electrons. The number of imidazole rings is 1. The third-order valence-electron chi connectivity index (χ3n) is 3.38. The number of para-hydroxylation sites is 2. The van der Waals surface area contributed by atoms with E-state index in [4.69, 9.17) is 0 Å². The Balaban J connectivity index is 1.57. The van der Waals surface area contributed by atoms with Gasteiger partial charge in [-0.1, -0.05) is 42.1 Å². The number of carbonyl (C=O) groups is 1. The summed E-state index contributed by atoms with van der Waals surface area (Å²) in [5.74, 6) is -0.490. The van der Waals surface area contributed by atoms with Gasteiger partial charge in [0.15, 0.2) is 5.16 Å². The first kappa shape index (κ1) is 16.2. The smallest absolute Gasteiger partial charge is 0.250 e. The lowest BCUT2D eigenvalue weighted by atomic mass is 10.2. The number of carbonyl (C=O) groups excluding carboxylic acids is 1. The highest BCUT2D eigenvalue weighted by Crippen LogP contribution is 2.22. The van der Waals surface area contributed by atoms with E-state index in [1.165, 1.54) is 24.0 Å². The average molecular weight is 342 g/mol. The first-order valence-electron chi connectivity index (χ1n) is 7.26. The number of benzene rings is 2. The van der Waals surface area contributed by atoms with Crippen LogP contribution in [-0.4, -0.2) is 27.4 Å². The fourth-order valence-electron chi connectivity index (χ4n) is 2.17. The van der Waals surface area contributed by atoms with E-state index in [1.54, 1.807) is 18.2 Å². The molecule has 1 heterocycles. The van der Waals surface area contributed by atoms with Crippen molar-refractivity contribution in [2.45, 2.75) is 5.16 Å². The summed E-state index contributed by atoms with van der Waals surface area (Å²) in [5, 5.41) is 4.53. The highest BCUT2D eigenvalue weighted by molar-refractivity contribution is 7.99. The number of hydrazone groups is 1. The largest absolute Gasteiger partial charge is 0.322 e. The van der Waals surface area contributed by atoms with Crippen LogP contribution in [0.5, 0.6) is 0 Å². The standard InChI is InChI=1S/C17H15FN4OS/c1-22-15-9-5-4-8-14(15)20-17(22)24-11-16(23)21-19-10-12-6-2-3-7-13(12)18/h2-10H,11H2,1H3,(H,21,23)/b19-10-. The zero-order chi connectivity index (χ0) is 16.9. The Labute approximate surface area is 142 Å². The Hall–Kier alpha value is -2.67. The molecular weight excluding hydrogens is 327 g/mol. The summed E-state index contributed by atoms with van der Waals surface area (Å²) in [6, 6.07) is 14.0. The van der Waals surface area contributed by atoms with Crippen LogP contribution in [0.15, 0.2) is 58.8 Å². The van der Waals surface area contributed by atoms with Gasteiger partial charge in [0.25, 0.3) is 5.91 Å². The van der Waals surface area contributed by atoms with Crippen molar-refractivity contribution in [2.75, 3.05) is 5.75 Å². The average Bonchev–Trinajstić information content (AvgIpc) is 2.91. The molecule has 0 fully saturated rings. The minimum Gasteiger partial charge on any atom is -0.322 e. The summed E-state index contributed by atoms with van der Waals surface area (Å²) in [7, 11) is 1.91. The van der Waals surface area contributed by atoms with Gasteiger partial charge >= 0.3 is 0 Å². The Morgan fingerprint density at radius 1 is 1.29 bits per heavy atom. The summed E-state index contributed by atoms with van der Waals surface area (Å²) in [4.78, 5) is 16.3. The third kappa shape index (κ3) is 3.62. The molecule has 0 spiro atoms. The van der Waals surface area contributed by atoms with Gasteiger partial charge in [0.2, 0.25) is 0 Å². The van der Waals surface area contributed by atoms with E-state index in [0.29, 0.717) is 5.56 Å². The lowest BCUT2D eigenvalue weighted by Crippen LogP contribution is -2.20. The zero-order valence-corrected chi connectivity index (χ0v) is 13.8. The van der Waals surface area contributed by atoms with Crippen molar-refractivity contribution in [2.24, 2.45) is 12.1 Å². The molecule has 0 aliphatic rings. The topological polar surface area (TPSA) is 59.3 Å². The van der Waals surface area contributed by atoms with Crippen LogP contribution < -0.4 is 5.43 Å². The number of nitrogens with zero attached hydrogens (tertiary/aromatic N) is 3. The number of fused-ring (bicyclic) bond motifs is 1. The predicted octanol–water partition coefficient (Wildman–Crippen LogP) is 2.95. The van der Waals surface area contributed by atoms with E-state index in [1.807, 2.05) is 35.9 Å². The Kier molecular flexibility index (Phi) is 4.90. The summed E-state index contributed by atoms with van der Waals surface area (Å²) in [6.07, 6.45) is 1.28. The SMILES string of the molecule is Cn1c(SCC(=O)N/N=C\c2ccccc2F)nc2ccccc21. The molecule has 122 valence electrons. The summed E-state index contributed by atoms with van der Waals surface area (Å²) < 4.78 is 15.4. The highest BCUT2D eigenvalue weighted by atomic mass is 32.2. The normalized spacial score (nSPS) is 11.2. The van der Waals surface area contributed by atoms with E-state index < -0.39 is 0 Å². The van der Waals surface area contributed by atoms with Gasteiger partial charge in [-0.05, 0) is 18.2 Å². The van der Waals surface area contributed by atoms with Crippen LogP contribution in [-0.2, 0) is 11.8 Å². The first-order valence-corrected chi connectivity index (χ1v) is 8.24. The van der Waals surface area contributed by atoms with Gasteiger partial charge < -0.3 is 4.57 Å². The maximum absolute atomic E-state index is 13.4. The maximum atomic E-state index is 13.4. The Morgan fingerprint density at radius 2 is 2.04 bits per heavy atom. The Morgan fingerprint density at radius 3 is 2.83 bits per heavy atom. The quantitative estimate of drug-likeness (QED) is 0.441. The van der Waals surface area contributed by atoms with Crippen molar-refractivity contribution in [1.29, 1.82) is 0 Å². The summed E-state index contributed by atoms with van der Waals surface area (Å²) >= 11 is 1.32. The molecule has 24 heavy (non-hydrogen) atoms. The van der Waals surface area contributed by atoms with Gasteiger partial charge in [-0.15, -0.1) is 0 Å². The van der Waals surface area contributed by atoms with Gasteiger partial charge in [-0.2, -0.15) is 5.10 Å². The van der Waals surface area contributed by atoms with Crippen molar-refractivity contribution in [3.63, 3.8) is 0 Å². The second-order valence-corrected chi connectivity index (χ2v) is 5.99. The molecule has 0 bridgehead atoms. The fraction of sp³-hybridized carbons (Fsp3) is 0.118. The van der Waals surface area contributed by atoms with Crippen LogP contribution in [0.25, 0.3) is 11.0 Å². The maximum Gasteiger partial charge on any atom is 0.250 e. The van der Waals surface area contributed by atoms with Gasteiger partial charge in [0.05, 0.1) is 23.0 Å². The first-order chi connectivity index (χ1) is 11.6. The van der Waals surface area contributed by atoms with E-state index >= 15 is 0 Å². The number of nitrogens with one attached hydrogen (secondary N) is 1. The lowest BCUT2D eigenvalue weighted by molar-refractivity contribution is -0.118. The van der Waals surface area contributed by atoms with Crippen LogP contribution in [0.2, 0.25) is 0 Å². The molecule has 0 saturated carbocycles. The number of aryl methyl sites for hydroxylation is 1. The zero-order valence-electron chi connectivity index (χ0n) is 12.9. The Bertz CT molecular complexity index is 906. The van der Waals surface area contributed by atoms with Gasteiger partial charge in [-0.25, -0.2) is 14.8 Å². The number of amides is 1. The molecule has 0 unspecified atom stereocenters. The van der Waals surface area contributed by atoms with Crippen molar-refractivity contribution in [1.82, 2.24) is 15.0 Å². The molecule has 2 aromatic carbocycles. The monoisotopic (exact) mass is 342 g/mol. The minimum atomic E-state index is -0.385. The second-order valence-electron chi connectivity index (χ2n) is 5.05. The minimum absolute atomic E-state index is 0.172. The molecule has 5 nitrogen and oxygen atoms in total. The van der Waals surface area contributed by atoms with Crippen LogP contribution in [0.4, 0.5) is 4.39 Å². The molecule has 0 aliphatic carbocycles. The molecule has 0 saturated heterocycles.